The largest absolute Gasteiger partial charge is 0.496 e. The van der Waals surface area contributed by atoms with Gasteiger partial charge in [0.25, 0.3) is 0 Å². The minimum atomic E-state index is 0.353. The molecule has 3 heteroatoms. The van der Waals surface area contributed by atoms with Gasteiger partial charge in [0.2, 0.25) is 0 Å². The van der Waals surface area contributed by atoms with E-state index < -0.39 is 0 Å². The molecule has 1 aromatic carbocycles. The smallest absolute Gasteiger partial charge is 0.132 e. The lowest BCUT2D eigenvalue weighted by molar-refractivity contribution is 0.404. The molecular weight excluding hydrogens is 206 g/mol. The third kappa shape index (κ3) is 3.49. The summed E-state index contributed by atoms with van der Waals surface area (Å²) in [7, 11) is 1.67. The topological polar surface area (TPSA) is 33.0 Å². The van der Waals surface area contributed by atoms with Crippen molar-refractivity contribution in [1.29, 1.82) is 5.26 Å². The number of thioether (sulfide) groups is 1. The van der Waals surface area contributed by atoms with Crippen LogP contribution in [0.25, 0.3) is 0 Å². The molecule has 0 heterocycles. The molecule has 1 rings (SSSR count). The molecule has 0 N–H and O–H groups in total. The Kier molecular flexibility index (Phi) is 5.06. The normalized spacial score (nSPS) is 11.8. The summed E-state index contributed by atoms with van der Waals surface area (Å²) in [4.78, 5) is 1.11. The van der Waals surface area contributed by atoms with Crippen LogP contribution in [0.15, 0.2) is 29.2 Å². The number of hydrogen-bond donors (Lipinski definition) is 0. The first-order valence-corrected chi connectivity index (χ1v) is 5.86. The Bertz CT molecular complexity index is 346. The van der Waals surface area contributed by atoms with Crippen molar-refractivity contribution >= 4 is 11.8 Å². The predicted octanol–water partition coefficient (Wildman–Crippen LogP) is 3.48. The monoisotopic (exact) mass is 221 g/mol. The van der Waals surface area contributed by atoms with Gasteiger partial charge in [-0.05, 0) is 18.6 Å². The van der Waals surface area contributed by atoms with Crippen molar-refractivity contribution in [3.8, 4) is 11.8 Å². The van der Waals surface area contributed by atoms with E-state index in [2.05, 4.69) is 13.0 Å². The Balaban J connectivity index is 2.74. The predicted molar refractivity (Wildman–Crippen MR) is 63.2 cm³/mol. The van der Waals surface area contributed by atoms with Gasteiger partial charge in [-0.1, -0.05) is 19.1 Å². The summed E-state index contributed by atoms with van der Waals surface area (Å²) in [6, 6.07) is 10.1. The third-order valence-corrected chi connectivity index (χ3v) is 3.56. The van der Waals surface area contributed by atoms with Gasteiger partial charge in [-0.25, -0.2) is 0 Å². The highest BCUT2D eigenvalue weighted by Gasteiger charge is 2.10. The Morgan fingerprint density at radius 3 is 2.80 bits per heavy atom. The van der Waals surface area contributed by atoms with Gasteiger partial charge in [0, 0.05) is 16.6 Å². The van der Waals surface area contributed by atoms with Crippen LogP contribution in [-0.4, -0.2) is 12.4 Å². The van der Waals surface area contributed by atoms with Gasteiger partial charge in [0.05, 0.1) is 13.2 Å². The van der Waals surface area contributed by atoms with Crippen molar-refractivity contribution in [2.45, 2.75) is 29.9 Å². The van der Waals surface area contributed by atoms with E-state index in [1.54, 1.807) is 18.9 Å². The highest BCUT2D eigenvalue weighted by Crippen LogP contribution is 2.34. The van der Waals surface area contributed by atoms with Crippen LogP contribution in [0.1, 0.15) is 19.8 Å². The first-order valence-electron chi connectivity index (χ1n) is 4.98. The number of ether oxygens (including phenoxy) is 1. The summed E-state index contributed by atoms with van der Waals surface area (Å²) in [5, 5.41) is 9.03. The fraction of sp³-hybridized carbons (Fsp3) is 0.417. The summed E-state index contributed by atoms with van der Waals surface area (Å²) in [5.41, 5.74) is 0. The van der Waals surface area contributed by atoms with E-state index in [9.17, 15) is 0 Å². The molecule has 0 bridgehead atoms. The fourth-order valence-electron chi connectivity index (χ4n) is 1.27. The number of nitriles is 1. The Hall–Kier alpha value is -1.14. The zero-order valence-corrected chi connectivity index (χ0v) is 9.88. The molecule has 0 aliphatic heterocycles. The number of methoxy groups -OCH3 is 1. The maximum absolute atomic E-state index is 8.68. The van der Waals surface area contributed by atoms with Crippen molar-refractivity contribution in [3.63, 3.8) is 0 Å². The molecule has 0 amide bonds. The van der Waals surface area contributed by atoms with E-state index in [1.165, 1.54) is 0 Å². The van der Waals surface area contributed by atoms with Crippen molar-refractivity contribution in [1.82, 2.24) is 0 Å². The summed E-state index contributed by atoms with van der Waals surface area (Å²) in [5.74, 6) is 0.888. The molecule has 2 nitrogen and oxygen atoms in total. The molecule has 1 aromatic rings. The summed E-state index contributed by atoms with van der Waals surface area (Å²) in [6.07, 6.45) is 1.58. The van der Waals surface area contributed by atoms with E-state index in [0.29, 0.717) is 11.7 Å². The fourth-order valence-corrected chi connectivity index (χ4v) is 2.38. The lowest BCUT2D eigenvalue weighted by atomic mass is 10.3. The summed E-state index contributed by atoms with van der Waals surface area (Å²) in [6.45, 7) is 2.10. The Morgan fingerprint density at radius 2 is 2.20 bits per heavy atom. The number of para-hydroxylation sites is 1. The molecule has 0 aromatic heterocycles. The van der Waals surface area contributed by atoms with Crippen molar-refractivity contribution in [2.24, 2.45) is 0 Å². The molecule has 80 valence electrons. The number of hydrogen-bond acceptors (Lipinski definition) is 3. The van der Waals surface area contributed by atoms with E-state index in [-0.39, 0.29) is 0 Å². The van der Waals surface area contributed by atoms with Crippen molar-refractivity contribution in [3.05, 3.63) is 24.3 Å². The Labute approximate surface area is 95.3 Å². The van der Waals surface area contributed by atoms with Crippen LogP contribution in [0.4, 0.5) is 0 Å². The average molecular weight is 221 g/mol. The molecule has 0 fully saturated rings. The van der Waals surface area contributed by atoms with Gasteiger partial charge in [0.1, 0.15) is 5.75 Å². The van der Waals surface area contributed by atoms with Crippen LogP contribution < -0.4 is 4.74 Å². The highest BCUT2D eigenvalue weighted by atomic mass is 32.2. The van der Waals surface area contributed by atoms with Crippen LogP contribution in [0.3, 0.4) is 0 Å². The number of nitrogens with zero attached hydrogens (tertiary/aromatic N) is 1. The maximum Gasteiger partial charge on any atom is 0.132 e. The van der Waals surface area contributed by atoms with Gasteiger partial charge in [0.15, 0.2) is 0 Å². The quantitative estimate of drug-likeness (QED) is 0.714. The summed E-state index contributed by atoms with van der Waals surface area (Å²) >= 11 is 1.72. The minimum absolute atomic E-state index is 0.353. The van der Waals surface area contributed by atoms with Crippen LogP contribution in [-0.2, 0) is 0 Å². The van der Waals surface area contributed by atoms with Gasteiger partial charge in [-0.2, -0.15) is 5.26 Å². The average Bonchev–Trinajstić information content (AvgIpc) is 2.29. The van der Waals surface area contributed by atoms with Gasteiger partial charge >= 0.3 is 0 Å². The third-order valence-electron chi connectivity index (χ3n) is 2.14. The van der Waals surface area contributed by atoms with Gasteiger partial charge in [-0.15, -0.1) is 11.8 Å². The first-order chi connectivity index (χ1) is 7.31. The summed E-state index contributed by atoms with van der Waals surface area (Å²) < 4.78 is 5.27. The minimum Gasteiger partial charge on any atom is -0.496 e. The van der Waals surface area contributed by atoms with Gasteiger partial charge < -0.3 is 4.74 Å². The molecule has 0 aliphatic rings. The van der Waals surface area contributed by atoms with Crippen molar-refractivity contribution < 1.29 is 4.74 Å². The van der Waals surface area contributed by atoms with Crippen LogP contribution in [0.5, 0.6) is 5.75 Å². The van der Waals surface area contributed by atoms with E-state index in [0.717, 1.165) is 17.1 Å². The van der Waals surface area contributed by atoms with E-state index >= 15 is 0 Å². The second kappa shape index (κ2) is 6.36. The lowest BCUT2D eigenvalue weighted by Gasteiger charge is -2.13. The molecule has 0 spiro atoms. The molecule has 0 saturated heterocycles. The lowest BCUT2D eigenvalue weighted by Crippen LogP contribution is -1.99. The second-order valence-electron chi connectivity index (χ2n) is 3.16. The molecule has 1 unspecified atom stereocenters. The van der Waals surface area contributed by atoms with Crippen LogP contribution in [0, 0.1) is 11.3 Å². The number of benzene rings is 1. The van der Waals surface area contributed by atoms with Crippen LogP contribution >= 0.6 is 11.8 Å². The molecule has 1 atom stereocenters. The second-order valence-corrected chi connectivity index (χ2v) is 4.50. The highest BCUT2D eigenvalue weighted by molar-refractivity contribution is 8.00. The molecule has 0 saturated carbocycles. The molecule has 15 heavy (non-hydrogen) atoms. The molecule has 0 aliphatic carbocycles. The standard InChI is InChI=1S/C12H15NOS/c1-3-10(8-9-13)15-12-7-5-4-6-11(12)14-2/h4-7,10H,3,8H2,1-2H3. The van der Waals surface area contributed by atoms with E-state index in [1.807, 2.05) is 24.3 Å². The number of rotatable bonds is 5. The van der Waals surface area contributed by atoms with Gasteiger partial charge in [-0.3, -0.25) is 0 Å². The first kappa shape index (κ1) is 11.9. The van der Waals surface area contributed by atoms with E-state index in [4.69, 9.17) is 10.00 Å². The SMILES string of the molecule is CCC(CC#N)Sc1ccccc1OC. The van der Waals surface area contributed by atoms with Crippen LogP contribution in [0.2, 0.25) is 0 Å². The molecule has 0 radical (unpaired) electrons. The zero-order chi connectivity index (χ0) is 11.1. The molecular formula is C12H15NOS. The Morgan fingerprint density at radius 1 is 1.47 bits per heavy atom. The maximum atomic E-state index is 8.68. The van der Waals surface area contributed by atoms with Crippen molar-refractivity contribution in [2.75, 3.05) is 7.11 Å². The zero-order valence-electron chi connectivity index (χ0n) is 9.06.